The quantitative estimate of drug-likeness (QED) is 0.420. The van der Waals surface area contributed by atoms with Gasteiger partial charge in [0.2, 0.25) is 0 Å². The van der Waals surface area contributed by atoms with Crippen molar-refractivity contribution in [1.29, 1.82) is 0 Å². The van der Waals surface area contributed by atoms with Crippen molar-refractivity contribution in [2.24, 2.45) is 0 Å². The number of thiazole rings is 1. The lowest BCUT2D eigenvalue weighted by molar-refractivity contribution is 0.0977. The van der Waals surface area contributed by atoms with Gasteiger partial charge in [-0.1, -0.05) is 24.3 Å². The minimum atomic E-state index is -0.220. The molecule has 1 heterocycles. The predicted molar refractivity (Wildman–Crippen MR) is 125 cm³/mol. The third-order valence-electron chi connectivity index (χ3n) is 4.55. The first-order valence-electron chi connectivity index (χ1n) is 9.15. The Labute approximate surface area is 178 Å². The number of aryl methyl sites for hydroxylation is 2. The molecule has 4 rings (SSSR count). The molecular formula is C23H19N3OS2. The summed E-state index contributed by atoms with van der Waals surface area (Å²) < 4.78 is 1.18. The molecule has 0 saturated carbocycles. The second-order valence-electron chi connectivity index (χ2n) is 6.79. The monoisotopic (exact) mass is 417 g/mol. The summed E-state index contributed by atoms with van der Waals surface area (Å²) in [7, 11) is 0. The highest BCUT2D eigenvalue weighted by atomic mass is 32.1. The summed E-state index contributed by atoms with van der Waals surface area (Å²) in [6.07, 6.45) is 0. The van der Waals surface area contributed by atoms with Gasteiger partial charge in [-0.2, -0.15) is 0 Å². The molecule has 0 fully saturated rings. The fraction of sp³-hybridized carbons (Fsp3) is 0.0870. The molecule has 0 aliphatic rings. The highest BCUT2D eigenvalue weighted by molar-refractivity contribution is 7.80. The zero-order valence-electron chi connectivity index (χ0n) is 16.0. The molecule has 4 aromatic rings. The number of nitrogens with one attached hydrogen (secondary N) is 2. The average molecular weight is 418 g/mol. The Morgan fingerprint density at radius 1 is 1.00 bits per heavy atom. The zero-order valence-corrected chi connectivity index (χ0v) is 17.7. The lowest BCUT2D eigenvalue weighted by Crippen LogP contribution is -2.34. The van der Waals surface area contributed by atoms with Gasteiger partial charge in [0.05, 0.1) is 10.2 Å². The van der Waals surface area contributed by atoms with Crippen molar-refractivity contribution in [2.75, 3.05) is 5.32 Å². The Morgan fingerprint density at radius 2 is 1.76 bits per heavy atom. The molecule has 0 radical (unpaired) electrons. The number of carbonyl (C=O) groups is 1. The van der Waals surface area contributed by atoms with Gasteiger partial charge in [-0.3, -0.25) is 10.1 Å². The molecule has 1 aromatic heterocycles. The Bertz CT molecular complexity index is 1210. The van der Waals surface area contributed by atoms with Crippen molar-refractivity contribution in [3.63, 3.8) is 0 Å². The topological polar surface area (TPSA) is 54.0 Å². The van der Waals surface area contributed by atoms with E-state index in [1.54, 1.807) is 17.4 Å². The van der Waals surface area contributed by atoms with Crippen LogP contribution in [0.2, 0.25) is 0 Å². The lowest BCUT2D eigenvalue weighted by atomic mass is 10.1. The summed E-state index contributed by atoms with van der Waals surface area (Å²) in [6, 6.07) is 21.5. The normalized spacial score (nSPS) is 10.7. The third-order valence-corrected chi connectivity index (χ3v) is 5.82. The van der Waals surface area contributed by atoms with Crippen molar-refractivity contribution < 1.29 is 4.79 Å². The van der Waals surface area contributed by atoms with Crippen LogP contribution in [-0.4, -0.2) is 16.0 Å². The number of amides is 1. The summed E-state index contributed by atoms with van der Waals surface area (Å²) in [5.41, 5.74) is 5.61. The van der Waals surface area contributed by atoms with Crippen LogP contribution in [0.25, 0.3) is 20.8 Å². The minimum absolute atomic E-state index is 0.220. The number of rotatable bonds is 3. The average Bonchev–Trinajstić information content (AvgIpc) is 3.12. The maximum Gasteiger partial charge on any atom is 0.257 e. The molecule has 144 valence electrons. The van der Waals surface area contributed by atoms with Gasteiger partial charge in [0.15, 0.2) is 5.11 Å². The Kier molecular flexibility index (Phi) is 5.38. The van der Waals surface area contributed by atoms with E-state index in [2.05, 4.69) is 35.8 Å². The van der Waals surface area contributed by atoms with E-state index in [-0.39, 0.29) is 11.0 Å². The van der Waals surface area contributed by atoms with E-state index in [1.165, 1.54) is 10.3 Å². The first-order valence-corrected chi connectivity index (χ1v) is 10.4. The van der Waals surface area contributed by atoms with E-state index < -0.39 is 0 Å². The van der Waals surface area contributed by atoms with Gasteiger partial charge in [0.1, 0.15) is 5.01 Å². The maximum absolute atomic E-state index is 12.4. The zero-order chi connectivity index (χ0) is 20.4. The van der Waals surface area contributed by atoms with Crippen molar-refractivity contribution in [2.45, 2.75) is 13.8 Å². The number of thiocarbonyl (C=S) groups is 1. The molecule has 6 heteroatoms. The smallest absolute Gasteiger partial charge is 0.257 e. The first kappa shape index (κ1) is 19.2. The molecule has 0 aliphatic carbocycles. The van der Waals surface area contributed by atoms with Crippen LogP contribution in [0.3, 0.4) is 0 Å². The van der Waals surface area contributed by atoms with Gasteiger partial charge in [0, 0.05) is 16.8 Å². The van der Waals surface area contributed by atoms with Crippen molar-refractivity contribution >= 4 is 50.5 Å². The molecule has 0 bridgehead atoms. The van der Waals surface area contributed by atoms with Crippen LogP contribution in [0, 0.1) is 13.8 Å². The van der Waals surface area contributed by atoms with Crippen LogP contribution < -0.4 is 10.6 Å². The van der Waals surface area contributed by atoms with Crippen molar-refractivity contribution in [1.82, 2.24) is 10.3 Å². The number of fused-ring (bicyclic) bond motifs is 1. The highest BCUT2D eigenvalue weighted by Crippen LogP contribution is 2.31. The third kappa shape index (κ3) is 4.34. The number of benzene rings is 3. The predicted octanol–water partition coefficient (Wildman–Crippen LogP) is 5.71. The van der Waals surface area contributed by atoms with Gasteiger partial charge in [-0.05, 0) is 79.7 Å². The van der Waals surface area contributed by atoms with Gasteiger partial charge in [-0.15, -0.1) is 11.3 Å². The van der Waals surface area contributed by atoms with Crippen LogP contribution in [0.15, 0.2) is 66.7 Å². The summed E-state index contributed by atoms with van der Waals surface area (Å²) >= 11 is 6.96. The number of aromatic nitrogens is 1. The van der Waals surface area contributed by atoms with Crippen LogP contribution in [0.1, 0.15) is 21.5 Å². The van der Waals surface area contributed by atoms with E-state index in [0.717, 1.165) is 27.3 Å². The van der Waals surface area contributed by atoms with Gasteiger partial charge >= 0.3 is 0 Å². The number of carbonyl (C=O) groups excluding carboxylic acids is 1. The SMILES string of the molecule is Cc1ccc2nc(-c3ccc(NC(=S)NC(=O)c4ccccc4C)cc3)sc2c1. The molecule has 4 nitrogen and oxygen atoms in total. The number of anilines is 1. The second-order valence-corrected chi connectivity index (χ2v) is 8.23. The van der Waals surface area contributed by atoms with Crippen LogP contribution in [0.4, 0.5) is 5.69 Å². The van der Waals surface area contributed by atoms with Crippen LogP contribution in [0.5, 0.6) is 0 Å². The first-order chi connectivity index (χ1) is 14.0. The minimum Gasteiger partial charge on any atom is -0.332 e. The Hall–Kier alpha value is -3.09. The summed E-state index contributed by atoms with van der Waals surface area (Å²) in [5.74, 6) is -0.220. The van der Waals surface area contributed by atoms with Crippen LogP contribution in [-0.2, 0) is 0 Å². The Balaban J connectivity index is 1.44. The van der Waals surface area contributed by atoms with E-state index in [0.29, 0.717) is 5.56 Å². The molecule has 1 amide bonds. The van der Waals surface area contributed by atoms with E-state index >= 15 is 0 Å². The standard InChI is InChI=1S/C23H19N3OS2/c1-14-7-12-19-20(13-14)29-22(25-19)16-8-10-17(11-9-16)24-23(28)26-21(27)18-6-4-3-5-15(18)2/h3-13H,1-2H3,(H2,24,26,27,28). The second kappa shape index (κ2) is 8.11. The Morgan fingerprint density at radius 3 is 2.52 bits per heavy atom. The molecular weight excluding hydrogens is 398 g/mol. The largest absolute Gasteiger partial charge is 0.332 e. The van der Waals surface area contributed by atoms with Gasteiger partial charge in [0.25, 0.3) is 5.91 Å². The molecule has 0 unspecified atom stereocenters. The summed E-state index contributed by atoms with van der Waals surface area (Å²) in [4.78, 5) is 17.1. The summed E-state index contributed by atoms with van der Waals surface area (Å²) in [6.45, 7) is 3.98. The van der Waals surface area contributed by atoms with Gasteiger partial charge in [-0.25, -0.2) is 4.98 Å². The van der Waals surface area contributed by atoms with E-state index in [9.17, 15) is 4.79 Å². The summed E-state index contributed by atoms with van der Waals surface area (Å²) in [5, 5.41) is 7.03. The molecule has 29 heavy (non-hydrogen) atoms. The molecule has 2 N–H and O–H groups in total. The van der Waals surface area contributed by atoms with Crippen LogP contribution >= 0.6 is 23.6 Å². The number of hydrogen-bond donors (Lipinski definition) is 2. The highest BCUT2D eigenvalue weighted by Gasteiger charge is 2.11. The molecule has 0 aliphatic heterocycles. The molecule has 0 saturated heterocycles. The number of nitrogens with zero attached hydrogens (tertiary/aromatic N) is 1. The molecule has 0 spiro atoms. The maximum atomic E-state index is 12.4. The van der Waals surface area contributed by atoms with E-state index in [4.69, 9.17) is 17.2 Å². The van der Waals surface area contributed by atoms with Gasteiger partial charge < -0.3 is 5.32 Å². The molecule has 0 atom stereocenters. The fourth-order valence-electron chi connectivity index (χ4n) is 3.01. The molecule has 3 aromatic carbocycles. The number of hydrogen-bond acceptors (Lipinski definition) is 4. The van der Waals surface area contributed by atoms with E-state index in [1.807, 2.05) is 49.4 Å². The van der Waals surface area contributed by atoms with Crippen molar-refractivity contribution in [3.05, 3.63) is 83.4 Å². The lowest BCUT2D eigenvalue weighted by Gasteiger charge is -2.11. The fourth-order valence-corrected chi connectivity index (χ4v) is 4.29. The van der Waals surface area contributed by atoms with Crippen molar-refractivity contribution in [3.8, 4) is 10.6 Å².